The van der Waals surface area contributed by atoms with E-state index in [0.29, 0.717) is 10.5 Å². The van der Waals surface area contributed by atoms with Crippen molar-refractivity contribution in [2.24, 2.45) is 5.73 Å². The number of ether oxygens (including phenoxy) is 2. The summed E-state index contributed by atoms with van der Waals surface area (Å²) in [4.78, 5) is 27.4. The number of rotatable bonds is 5. The number of hydrogen-bond donors (Lipinski definition) is 2. The average molecular weight is 341 g/mol. The quantitative estimate of drug-likeness (QED) is 0.632. The summed E-state index contributed by atoms with van der Waals surface area (Å²) in [6.45, 7) is 3.89. The summed E-state index contributed by atoms with van der Waals surface area (Å²) in [5.74, 6) is 0. The van der Waals surface area contributed by atoms with Gasteiger partial charge in [0.2, 0.25) is 0 Å². The number of carbonyl (C=O) groups excluding carboxylic acids is 2. The lowest BCUT2D eigenvalue weighted by Gasteiger charge is -2.25. The number of thiazole rings is 1. The molecule has 3 N–H and O–H groups in total. The van der Waals surface area contributed by atoms with Gasteiger partial charge < -0.3 is 20.2 Å². The third-order valence-electron chi connectivity index (χ3n) is 3.02. The zero-order chi connectivity index (χ0) is 16.1. The van der Waals surface area contributed by atoms with Crippen LogP contribution in [0.1, 0.15) is 5.69 Å². The first-order valence-corrected chi connectivity index (χ1v) is 7.66. The van der Waals surface area contributed by atoms with Crippen LogP contribution < -0.4 is 5.73 Å². The van der Waals surface area contributed by atoms with Crippen molar-refractivity contribution in [1.82, 2.24) is 9.88 Å². The maximum atomic E-state index is 12.1. The van der Waals surface area contributed by atoms with Crippen LogP contribution in [0, 0.1) is 3.95 Å². The molecule has 0 fully saturated rings. The van der Waals surface area contributed by atoms with Crippen LogP contribution >= 0.6 is 23.6 Å². The maximum Gasteiger partial charge on any atom is 0.411 e. The Balaban J connectivity index is 2.18. The van der Waals surface area contributed by atoms with Gasteiger partial charge in [-0.1, -0.05) is 18.7 Å². The third-order valence-corrected chi connectivity index (χ3v) is 4.08. The molecular formula is C13H15N3O4S2. The fourth-order valence-electron chi connectivity index (χ4n) is 2.09. The summed E-state index contributed by atoms with van der Waals surface area (Å²) in [7, 11) is 0. The van der Waals surface area contributed by atoms with E-state index in [1.54, 1.807) is 0 Å². The van der Waals surface area contributed by atoms with Gasteiger partial charge in [-0.05, 0) is 12.2 Å². The number of primary amides is 1. The van der Waals surface area contributed by atoms with Gasteiger partial charge in [-0.25, -0.2) is 9.59 Å². The van der Waals surface area contributed by atoms with Crippen molar-refractivity contribution >= 4 is 41.3 Å². The highest BCUT2D eigenvalue weighted by atomic mass is 32.1. The third kappa shape index (κ3) is 3.74. The Morgan fingerprint density at radius 1 is 1.59 bits per heavy atom. The molecule has 0 aromatic carbocycles. The summed E-state index contributed by atoms with van der Waals surface area (Å²) in [6.07, 6.45) is 1.92. The fourth-order valence-corrected chi connectivity index (χ4v) is 2.94. The topological polar surface area (TPSA) is 97.7 Å². The van der Waals surface area contributed by atoms with Gasteiger partial charge in [-0.15, -0.1) is 11.3 Å². The molecule has 0 saturated heterocycles. The second-order valence-corrected chi connectivity index (χ2v) is 5.93. The maximum absolute atomic E-state index is 12.1. The standard InChI is InChI=1S/C13H15N3O4S2/c1-2-5-19-13(18)16-4-3-8(9-7-22-12(21)15-9)10(16)6-20-11(14)17/h2-3,7,10H,1,4-6H2,(H2,14,17)(H,15,21)/t10-/m0/s1. The molecule has 1 aromatic rings. The van der Waals surface area contributed by atoms with E-state index in [1.807, 2.05) is 11.5 Å². The van der Waals surface area contributed by atoms with Crippen molar-refractivity contribution in [2.45, 2.75) is 6.04 Å². The molecule has 2 amide bonds. The summed E-state index contributed by atoms with van der Waals surface area (Å²) in [5, 5.41) is 1.85. The fraction of sp³-hybridized carbons (Fsp3) is 0.308. The van der Waals surface area contributed by atoms with Crippen molar-refractivity contribution < 1.29 is 19.1 Å². The zero-order valence-electron chi connectivity index (χ0n) is 11.6. The van der Waals surface area contributed by atoms with E-state index in [0.717, 1.165) is 11.3 Å². The molecule has 0 radical (unpaired) electrons. The van der Waals surface area contributed by atoms with Gasteiger partial charge >= 0.3 is 12.2 Å². The number of nitrogens with one attached hydrogen (secondary N) is 1. The van der Waals surface area contributed by atoms with Crippen molar-refractivity contribution in [3.63, 3.8) is 0 Å². The van der Waals surface area contributed by atoms with Gasteiger partial charge in [0.05, 0.1) is 11.7 Å². The van der Waals surface area contributed by atoms with E-state index in [-0.39, 0.29) is 13.2 Å². The monoisotopic (exact) mass is 341 g/mol. The molecule has 1 aliphatic heterocycles. The van der Waals surface area contributed by atoms with E-state index in [2.05, 4.69) is 11.6 Å². The van der Waals surface area contributed by atoms with Crippen LogP contribution in [0.3, 0.4) is 0 Å². The van der Waals surface area contributed by atoms with E-state index in [9.17, 15) is 9.59 Å². The smallest absolute Gasteiger partial charge is 0.411 e. The van der Waals surface area contributed by atoms with Gasteiger partial charge in [-0.2, -0.15) is 0 Å². The van der Waals surface area contributed by atoms with E-state index < -0.39 is 18.2 Å². The predicted molar refractivity (Wildman–Crippen MR) is 85.1 cm³/mol. The highest BCUT2D eigenvalue weighted by molar-refractivity contribution is 7.73. The molecule has 2 heterocycles. The molecule has 1 aliphatic rings. The second kappa shape index (κ2) is 7.23. The number of nitrogens with two attached hydrogens (primary N) is 1. The number of nitrogens with zero attached hydrogens (tertiary/aromatic N) is 1. The molecule has 0 aliphatic carbocycles. The molecular weight excluding hydrogens is 326 g/mol. The Hall–Kier alpha value is -2.13. The minimum atomic E-state index is -0.899. The Morgan fingerprint density at radius 3 is 2.95 bits per heavy atom. The summed E-state index contributed by atoms with van der Waals surface area (Å²) < 4.78 is 10.5. The summed E-state index contributed by atoms with van der Waals surface area (Å²) in [5.41, 5.74) is 6.60. The molecule has 9 heteroatoms. The molecule has 7 nitrogen and oxygen atoms in total. The van der Waals surface area contributed by atoms with Crippen molar-refractivity contribution in [3.05, 3.63) is 33.8 Å². The minimum Gasteiger partial charge on any atom is -0.447 e. The van der Waals surface area contributed by atoms with Crippen molar-refractivity contribution in [3.8, 4) is 0 Å². The Morgan fingerprint density at radius 2 is 2.36 bits per heavy atom. The lowest BCUT2D eigenvalue weighted by Crippen LogP contribution is -2.41. The molecule has 0 saturated carbocycles. The lowest BCUT2D eigenvalue weighted by atomic mass is 10.1. The first-order chi connectivity index (χ1) is 10.5. The number of aromatic nitrogens is 1. The molecule has 2 rings (SSSR count). The first kappa shape index (κ1) is 16.2. The second-order valence-electron chi connectivity index (χ2n) is 4.39. The lowest BCUT2D eigenvalue weighted by molar-refractivity contribution is 0.0905. The Bertz CT molecular complexity index is 664. The van der Waals surface area contributed by atoms with Gasteiger partial charge in [-0.3, -0.25) is 4.90 Å². The van der Waals surface area contributed by atoms with Crippen LogP contribution in [0.25, 0.3) is 5.57 Å². The summed E-state index contributed by atoms with van der Waals surface area (Å²) in [6, 6.07) is -0.481. The Kier molecular flexibility index (Phi) is 5.34. The first-order valence-electron chi connectivity index (χ1n) is 6.37. The van der Waals surface area contributed by atoms with Crippen LogP contribution in [0.2, 0.25) is 0 Å². The van der Waals surface area contributed by atoms with Crippen LogP contribution in [0.4, 0.5) is 9.59 Å². The number of carbonyl (C=O) groups is 2. The predicted octanol–water partition coefficient (Wildman–Crippen LogP) is 2.29. The molecule has 118 valence electrons. The van der Waals surface area contributed by atoms with E-state index in [1.165, 1.54) is 22.3 Å². The van der Waals surface area contributed by atoms with Crippen LogP contribution in [0.15, 0.2) is 24.1 Å². The number of aromatic amines is 1. The number of hydrogen-bond acceptors (Lipinski definition) is 6. The van der Waals surface area contributed by atoms with Crippen LogP contribution in [-0.4, -0.2) is 47.9 Å². The average Bonchev–Trinajstić information content (AvgIpc) is 3.08. The molecule has 0 unspecified atom stereocenters. The summed E-state index contributed by atoms with van der Waals surface area (Å²) >= 11 is 6.44. The molecule has 0 bridgehead atoms. The highest BCUT2D eigenvalue weighted by Crippen LogP contribution is 2.29. The molecule has 1 atom stereocenters. The normalized spacial score (nSPS) is 17.0. The minimum absolute atomic E-state index is 0.0548. The van der Waals surface area contributed by atoms with Crippen molar-refractivity contribution in [2.75, 3.05) is 19.8 Å². The van der Waals surface area contributed by atoms with Gasteiger partial charge in [0.15, 0.2) is 3.95 Å². The van der Waals surface area contributed by atoms with Gasteiger partial charge in [0, 0.05) is 17.5 Å². The van der Waals surface area contributed by atoms with Crippen LogP contribution in [0.5, 0.6) is 0 Å². The van der Waals surface area contributed by atoms with E-state index in [4.69, 9.17) is 27.4 Å². The molecule has 22 heavy (non-hydrogen) atoms. The van der Waals surface area contributed by atoms with Crippen LogP contribution in [-0.2, 0) is 9.47 Å². The van der Waals surface area contributed by atoms with Gasteiger partial charge in [0.25, 0.3) is 0 Å². The SMILES string of the molecule is C=CCOC(=O)N1CC=C(c2csc(=S)[nH]2)[C@@H]1COC(N)=O. The zero-order valence-corrected chi connectivity index (χ0v) is 13.2. The molecule has 0 spiro atoms. The van der Waals surface area contributed by atoms with Gasteiger partial charge in [0.1, 0.15) is 13.2 Å². The molecule has 1 aromatic heterocycles. The van der Waals surface area contributed by atoms with Crippen molar-refractivity contribution in [1.29, 1.82) is 0 Å². The largest absolute Gasteiger partial charge is 0.447 e. The Labute approximate surface area is 136 Å². The highest BCUT2D eigenvalue weighted by Gasteiger charge is 2.34. The van der Waals surface area contributed by atoms with E-state index >= 15 is 0 Å². The number of amides is 2. The number of H-pyrrole nitrogens is 1.